The van der Waals surface area contributed by atoms with E-state index in [0.29, 0.717) is 49.1 Å². The maximum Gasteiger partial charge on any atom is 0.328 e. The van der Waals surface area contributed by atoms with E-state index in [2.05, 4.69) is 20.2 Å². The van der Waals surface area contributed by atoms with Crippen LogP contribution in [0.5, 0.6) is 0 Å². The Morgan fingerprint density at radius 3 is 2.59 bits per heavy atom. The van der Waals surface area contributed by atoms with Gasteiger partial charge in [-0.3, -0.25) is 14.2 Å². The second-order valence-electron chi connectivity index (χ2n) is 8.15. The predicted octanol–water partition coefficient (Wildman–Crippen LogP) is 2.02. The Labute approximate surface area is 184 Å². The lowest BCUT2D eigenvalue weighted by Crippen LogP contribution is -2.43. The first-order valence-electron chi connectivity index (χ1n) is 10.7. The van der Waals surface area contributed by atoms with Crippen LogP contribution < -0.4 is 21.5 Å². The summed E-state index contributed by atoms with van der Waals surface area (Å²) < 4.78 is 16.8. The lowest BCUT2D eigenvalue weighted by Gasteiger charge is -2.37. The van der Waals surface area contributed by atoms with Gasteiger partial charge in [-0.05, 0) is 49.6 Å². The molecular formula is C23H26FN5O3. The number of aromatic amines is 1. The number of fused-ring (bicyclic) bond motifs is 1. The number of piperidine rings is 1. The Balaban J connectivity index is 1.47. The molecule has 1 aromatic carbocycles. The Bertz CT molecular complexity index is 1260. The first kappa shape index (κ1) is 21.7. The number of rotatable bonds is 5. The number of amides is 1. The number of alkyl halides is 1. The number of halogens is 1. The van der Waals surface area contributed by atoms with Gasteiger partial charge in [-0.15, -0.1) is 0 Å². The summed E-state index contributed by atoms with van der Waals surface area (Å²) in [6, 6.07) is 8.61. The number of carbonyl (C=O) groups is 1. The Morgan fingerprint density at radius 1 is 1.22 bits per heavy atom. The lowest BCUT2D eigenvalue weighted by molar-refractivity contribution is 0.0958. The number of aromatic nitrogens is 3. The summed E-state index contributed by atoms with van der Waals surface area (Å²) in [6.07, 6.45) is 2.54. The monoisotopic (exact) mass is 439 g/mol. The molecule has 2 aromatic heterocycles. The second kappa shape index (κ2) is 8.57. The molecule has 1 amide bonds. The molecule has 0 radical (unpaired) electrons. The number of nitrogens with zero attached hydrogens (tertiary/aromatic N) is 3. The van der Waals surface area contributed by atoms with Crippen molar-refractivity contribution in [2.24, 2.45) is 0 Å². The van der Waals surface area contributed by atoms with Crippen molar-refractivity contribution < 1.29 is 9.18 Å². The number of benzene rings is 1. The van der Waals surface area contributed by atoms with E-state index in [4.69, 9.17) is 0 Å². The highest BCUT2D eigenvalue weighted by atomic mass is 19.1. The fraction of sp³-hybridized carbons (Fsp3) is 0.391. The van der Waals surface area contributed by atoms with Crippen molar-refractivity contribution in [1.29, 1.82) is 0 Å². The molecule has 1 fully saturated rings. The number of anilines is 1. The maximum absolute atomic E-state index is 15.6. The van der Waals surface area contributed by atoms with E-state index in [-0.39, 0.29) is 17.9 Å². The molecule has 0 saturated carbocycles. The van der Waals surface area contributed by atoms with Crippen molar-refractivity contribution in [3.8, 4) is 0 Å². The van der Waals surface area contributed by atoms with E-state index in [1.165, 1.54) is 0 Å². The summed E-state index contributed by atoms with van der Waals surface area (Å²) in [6.45, 7) is 3.09. The highest BCUT2D eigenvalue weighted by Gasteiger charge is 2.35. The van der Waals surface area contributed by atoms with Crippen LogP contribution in [-0.4, -0.2) is 46.2 Å². The third-order valence-corrected chi connectivity index (χ3v) is 6.12. The molecule has 168 valence electrons. The molecule has 1 aliphatic heterocycles. The van der Waals surface area contributed by atoms with Gasteiger partial charge in [-0.1, -0.05) is 6.07 Å². The van der Waals surface area contributed by atoms with Gasteiger partial charge < -0.3 is 15.2 Å². The third kappa shape index (κ3) is 4.15. The van der Waals surface area contributed by atoms with E-state index in [0.717, 1.165) is 15.8 Å². The molecule has 0 spiro atoms. The van der Waals surface area contributed by atoms with Crippen LogP contribution in [0.15, 0.2) is 46.1 Å². The molecule has 0 unspecified atom stereocenters. The smallest absolute Gasteiger partial charge is 0.328 e. The number of pyridine rings is 1. The third-order valence-electron chi connectivity index (χ3n) is 6.12. The average Bonchev–Trinajstić information content (AvgIpc) is 2.79. The van der Waals surface area contributed by atoms with Gasteiger partial charge in [-0.2, -0.15) is 0 Å². The van der Waals surface area contributed by atoms with Gasteiger partial charge in [0.15, 0.2) is 0 Å². The molecule has 4 rings (SSSR count). The minimum absolute atomic E-state index is 0.212. The molecule has 0 aliphatic carbocycles. The van der Waals surface area contributed by atoms with Gasteiger partial charge in [0, 0.05) is 33.1 Å². The number of carbonyl (C=O) groups excluding carboxylic acids is 1. The van der Waals surface area contributed by atoms with Crippen LogP contribution in [0, 0.1) is 0 Å². The van der Waals surface area contributed by atoms with Gasteiger partial charge in [0.2, 0.25) is 0 Å². The van der Waals surface area contributed by atoms with Crippen molar-refractivity contribution in [1.82, 2.24) is 19.9 Å². The Morgan fingerprint density at radius 2 is 1.97 bits per heavy atom. The molecule has 32 heavy (non-hydrogen) atoms. The van der Waals surface area contributed by atoms with Crippen LogP contribution in [0.3, 0.4) is 0 Å². The van der Waals surface area contributed by atoms with Crippen molar-refractivity contribution in [2.45, 2.75) is 38.4 Å². The first-order valence-corrected chi connectivity index (χ1v) is 10.7. The van der Waals surface area contributed by atoms with Gasteiger partial charge in [0.25, 0.3) is 11.5 Å². The van der Waals surface area contributed by atoms with E-state index < -0.39 is 11.4 Å². The van der Waals surface area contributed by atoms with Crippen molar-refractivity contribution in [2.75, 3.05) is 25.0 Å². The molecule has 9 heteroatoms. The largest absolute Gasteiger partial charge is 0.370 e. The molecule has 0 bridgehead atoms. The fourth-order valence-electron chi connectivity index (χ4n) is 4.24. The number of hydrogen-bond donors (Lipinski definition) is 2. The quantitative estimate of drug-likeness (QED) is 0.634. The molecule has 3 aromatic rings. The van der Waals surface area contributed by atoms with Crippen molar-refractivity contribution in [3.05, 3.63) is 68.6 Å². The molecular weight excluding hydrogens is 413 g/mol. The van der Waals surface area contributed by atoms with Crippen molar-refractivity contribution >= 4 is 22.5 Å². The zero-order chi connectivity index (χ0) is 22.9. The SMILES string of the molecule is CCn1c(=O)[nH]c2cc(CC3(F)CCN(c4ccc(C(=O)NC)nc4)CC3)ccc2c1=O. The van der Waals surface area contributed by atoms with Crippen LogP contribution in [-0.2, 0) is 13.0 Å². The number of H-pyrrole nitrogens is 1. The summed E-state index contributed by atoms with van der Waals surface area (Å²) in [4.78, 5) is 45.1. The molecule has 1 saturated heterocycles. The Hall–Kier alpha value is -3.49. The first-order chi connectivity index (χ1) is 15.3. The van der Waals surface area contributed by atoms with E-state index in [1.807, 2.05) is 6.07 Å². The summed E-state index contributed by atoms with van der Waals surface area (Å²) in [5.74, 6) is -0.247. The molecule has 1 aliphatic rings. The van der Waals surface area contributed by atoms with Crippen LogP contribution in [0.2, 0.25) is 0 Å². The molecule has 3 heterocycles. The zero-order valence-corrected chi connectivity index (χ0v) is 18.2. The van der Waals surface area contributed by atoms with Gasteiger partial charge in [0.1, 0.15) is 11.4 Å². The average molecular weight is 439 g/mol. The highest BCUT2D eigenvalue weighted by molar-refractivity contribution is 5.92. The minimum atomic E-state index is -1.38. The normalized spacial score (nSPS) is 15.7. The second-order valence-corrected chi connectivity index (χ2v) is 8.15. The Kier molecular flexibility index (Phi) is 5.82. The van der Waals surface area contributed by atoms with Crippen LogP contribution in [0.1, 0.15) is 35.8 Å². The van der Waals surface area contributed by atoms with E-state index >= 15 is 4.39 Å². The van der Waals surface area contributed by atoms with Gasteiger partial charge >= 0.3 is 5.69 Å². The lowest BCUT2D eigenvalue weighted by atomic mass is 9.86. The van der Waals surface area contributed by atoms with Crippen LogP contribution in [0.4, 0.5) is 10.1 Å². The van der Waals surface area contributed by atoms with E-state index in [1.54, 1.807) is 44.4 Å². The summed E-state index contributed by atoms with van der Waals surface area (Å²) in [5.41, 5.74) is 0.208. The standard InChI is InChI=1S/C23H26FN5O3/c1-3-29-21(31)17-6-4-15(12-19(17)27-22(29)32)13-23(24)8-10-28(11-9-23)16-5-7-18(26-14-16)20(30)25-2/h4-7,12,14H,3,8-11,13H2,1-2H3,(H,25,30)(H,27,32). The fourth-order valence-corrected chi connectivity index (χ4v) is 4.24. The maximum atomic E-state index is 15.6. The topological polar surface area (TPSA) is 100 Å². The number of hydrogen-bond acceptors (Lipinski definition) is 5. The molecule has 2 N–H and O–H groups in total. The minimum Gasteiger partial charge on any atom is -0.370 e. The van der Waals surface area contributed by atoms with Gasteiger partial charge in [-0.25, -0.2) is 14.2 Å². The summed E-state index contributed by atoms with van der Waals surface area (Å²) in [7, 11) is 1.55. The number of nitrogens with one attached hydrogen (secondary N) is 2. The zero-order valence-electron chi connectivity index (χ0n) is 18.2. The predicted molar refractivity (Wildman–Crippen MR) is 121 cm³/mol. The summed E-state index contributed by atoms with van der Waals surface area (Å²) in [5, 5.41) is 2.96. The summed E-state index contributed by atoms with van der Waals surface area (Å²) >= 11 is 0. The van der Waals surface area contributed by atoms with Gasteiger partial charge in [0.05, 0.1) is 22.8 Å². The van der Waals surface area contributed by atoms with E-state index in [9.17, 15) is 14.4 Å². The van der Waals surface area contributed by atoms with Crippen molar-refractivity contribution in [3.63, 3.8) is 0 Å². The molecule has 8 nitrogen and oxygen atoms in total. The molecule has 0 atom stereocenters. The van der Waals surface area contributed by atoms with Crippen LogP contribution >= 0.6 is 0 Å². The highest BCUT2D eigenvalue weighted by Crippen LogP contribution is 2.32. The van der Waals surface area contributed by atoms with Crippen LogP contribution in [0.25, 0.3) is 10.9 Å².